The Bertz CT molecular complexity index is 815. The van der Waals surface area contributed by atoms with Crippen molar-refractivity contribution in [2.24, 2.45) is 0 Å². The molecule has 1 saturated heterocycles. The average Bonchev–Trinajstić information content (AvgIpc) is 2.71. The van der Waals surface area contributed by atoms with Gasteiger partial charge in [0.25, 0.3) is 0 Å². The van der Waals surface area contributed by atoms with Crippen LogP contribution in [0.2, 0.25) is 0 Å². The Morgan fingerprint density at radius 1 is 1.07 bits per heavy atom. The molecule has 0 spiro atoms. The van der Waals surface area contributed by atoms with Gasteiger partial charge >= 0.3 is 0 Å². The fraction of sp³-hybridized carbons (Fsp3) is 0.478. The molecule has 158 valence electrons. The lowest BCUT2D eigenvalue weighted by Gasteiger charge is -2.41. The second-order valence-corrected chi connectivity index (χ2v) is 7.63. The largest absolute Gasteiger partial charge is 0.497 e. The van der Waals surface area contributed by atoms with Gasteiger partial charge in [0, 0.05) is 57.0 Å². The van der Waals surface area contributed by atoms with Gasteiger partial charge in [0.2, 0.25) is 0 Å². The van der Waals surface area contributed by atoms with Crippen LogP contribution in [0.1, 0.15) is 23.1 Å². The van der Waals surface area contributed by atoms with Gasteiger partial charge in [0.15, 0.2) is 0 Å². The standard InChI is InChI=1S/C23H31FN2O3/c1-17-12-18(4-7-23(17)29-3)14-26-10-9-25(16-20(26)8-11-27)15-19-5-6-21(28-2)13-22(19)24/h4-7,12-13,20,27H,8-11,14-16H2,1-3H3/t20-/m0/s1. The molecule has 6 heteroatoms. The number of piperazine rings is 1. The second-order valence-electron chi connectivity index (χ2n) is 7.63. The Hall–Kier alpha value is -2.15. The van der Waals surface area contributed by atoms with E-state index in [9.17, 15) is 9.50 Å². The summed E-state index contributed by atoms with van der Waals surface area (Å²) >= 11 is 0. The first kappa shape index (κ1) is 21.6. The zero-order valence-corrected chi connectivity index (χ0v) is 17.5. The maximum absolute atomic E-state index is 14.3. The third kappa shape index (κ3) is 5.47. The molecule has 0 radical (unpaired) electrons. The van der Waals surface area contributed by atoms with Crippen LogP contribution in [0, 0.1) is 12.7 Å². The van der Waals surface area contributed by atoms with E-state index in [0.29, 0.717) is 24.3 Å². The molecular weight excluding hydrogens is 371 g/mol. The summed E-state index contributed by atoms with van der Waals surface area (Å²) < 4.78 is 24.8. The molecule has 0 unspecified atom stereocenters. The minimum absolute atomic E-state index is 0.146. The van der Waals surface area contributed by atoms with E-state index in [1.165, 1.54) is 18.7 Å². The number of halogens is 1. The Labute approximate surface area is 172 Å². The Kier molecular flexibility index (Phi) is 7.47. The molecule has 2 aromatic rings. The van der Waals surface area contributed by atoms with Gasteiger partial charge in [-0.1, -0.05) is 18.2 Å². The van der Waals surface area contributed by atoms with Crippen molar-refractivity contribution >= 4 is 0 Å². The monoisotopic (exact) mass is 402 g/mol. The summed E-state index contributed by atoms with van der Waals surface area (Å²) in [5.74, 6) is 1.19. The Morgan fingerprint density at radius 3 is 2.55 bits per heavy atom. The van der Waals surface area contributed by atoms with Crippen LogP contribution >= 0.6 is 0 Å². The van der Waals surface area contributed by atoms with E-state index in [1.807, 2.05) is 6.07 Å². The summed E-state index contributed by atoms with van der Waals surface area (Å²) in [6.45, 7) is 6.15. The fourth-order valence-corrected chi connectivity index (χ4v) is 4.03. The topological polar surface area (TPSA) is 45.2 Å². The molecule has 1 atom stereocenters. The highest BCUT2D eigenvalue weighted by Gasteiger charge is 2.27. The molecule has 1 N–H and O–H groups in total. The lowest BCUT2D eigenvalue weighted by atomic mass is 10.0. The van der Waals surface area contributed by atoms with E-state index in [4.69, 9.17) is 9.47 Å². The second kappa shape index (κ2) is 10.1. The molecule has 0 saturated carbocycles. The minimum atomic E-state index is -0.237. The Balaban J connectivity index is 1.65. The molecule has 0 amide bonds. The van der Waals surface area contributed by atoms with E-state index >= 15 is 0 Å². The molecule has 5 nitrogen and oxygen atoms in total. The first-order valence-corrected chi connectivity index (χ1v) is 10.1. The normalized spacial score (nSPS) is 18.0. The molecule has 3 rings (SSSR count). The van der Waals surface area contributed by atoms with E-state index < -0.39 is 0 Å². The number of aryl methyl sites for hydroxylation is 1. The van der Waals surface area contributed by atoms with Crippen molar-refractivity contribution in [1.29, 1.82) is 0 Å². The van der Waals surface area contributed by atoms with E-state index in [2.05, 4.69) is 28.9 Å². The van der Waals surface area contributed by atoms with Crippen molar-refractivity contribution in [2.45, 2.75) is 32.5 Å². The van der Waals surface area contributed by atoms with Crippen molar-refractivity contribution in [3.63, 3.8) is 0 Å². The van der Waals surface area contributed by atoms with Crippen LogP contribution in [0.15, 0.2) is 36.4 Å². The molecule has 0 bridgehead atoms. The number of hydrogen-bond acceptors (Lipinski definition) is 5. The third-order valence-corrected chi connectivity index (χ3v) is 5.65. The van der Waals surface area contributed by atoms with Gasteiger partial charge in [-0.25, -0.2) is 4.39 Å². The van der Waals surface area contributed by atoms with Gasteiger partial charge in [0.1, 0.15) is 17.3 Å². The van der Waals surface area contributed by atoms with Crippen molar-refractivity contribution in [2.75, 3.05) is 40.5 Å². The summed E-state index contributed by atoms with van der Waals surface area (Å²) in [5.41, 5.74) is 3.03. The highest BCUT2D eigenvalue weighted by atomic mass is 19.1. The van der Waals surface area contributed by atoms with Crippen LogP contribution in [0.5, 0.6) is 11.5 Å². The molecule has 1 heterocycles. The highest BCUT2D eigenvalue weighted by Crippen LogP contribution is 2.23. The summed E-state index contributed by atoms with van der Waals surface area (Å²) in [4.78, 5) is 4.68. The summed E-state index contributed by atoms with van der Waals surface area (Å²) in [6, 6.07) is 11.5. The van der Waals surface area contributed by atoms with Crippen molar-refractivity contribution < 1.29 is 19.0 Å². The maximum atomic E-state index is 14.3. The first-order chi connectivity index (χ1) is 14.0. The zero-order chi connectivity index (χ0) is 20.8. The zero-order valence-electron chi connectivity index (χ0n) is 17.5. The predicted octanol–water partition coefficient (Wildman–Crippen LogP) is 3.22. The molecule has 1 aliphatic heterocycles. The van der Waals surface area contributed by atoms with E-state index in [-0.39, 0.29) is 18.5 Å². The van der Waals surface area contributed by atoms with Crippen LogP contribution < -0.4 is 9.47 Å². The molecule has 0 aromatic heterocycles. The molecule has 2 aromatic carbocycles. The van der Waals surface area contributed by atoms with Gasteiger partial charge < -0.3 is 14.6 Å². The van der Waals surface area contributed by atoms with Gasteiger partial charge in [-0.2, -0.15) is 0 Å². The fourth-order valence-electron chi connectivity index (χ4n) is 4.03. The Morgan fingerprint density at radius 2 is 1.90 bits per heavy atom. The quantitative estimate of drug-likeness (QED) is 0.735. The van der Waals surface area contributed by atoms with Crippen molar-refractivity contribution in [3.8, 4) is 11.5 Å². The van der Waals surface area contributed by atoms with Crippen molar-refractivity contribution in [3.05, 3.63) is 58.9 Å². The van der Waals surface area contributed by atoms with Crippen LogP contribution in [0.4, 0.5) is 4.39 Å². The smallest absolute Gasteiger partial charge is 0.131 e. The van der Waals surface area contributed by atoms with Gasteiger partial charge in [-0.3, -0.25) is 9.80 Å². The molecule has 29 heavy (non-hydrogen) atoms. The number of aliphatic hydroxyl groups is 1. The molecule has 1 aliphatic rings. The number of ether oxygens (including phenoxy) is 2. The van der Waals surface area contributed by atoms with Gasteiger partial charge in [-0.05, 0) is 36.6 Å². The van der Waals surface area contributed by atoms with Gasteiger partial charge in [0.05, 0.1) is 14.2 Å². The van der Waals surface area contributed by atoms with Gasteiger partial charge in [-0.15, -0.1) is 0 Å². The van der Waals surface area contributed by atoms with Crippen LogP contribution in [0.3, 0.4) is 0 Å². The van der Waals surface area contributed by atoms with E-state index in [1.54, 1.807) is 19.2 Å². The lowest BCUT2D eigenvalue weighted by Crippen LogP contribution is -2.52. The van der Waals surface area contributed by atoms with Crippen LogP contribution in [0.25, 0.3) is 0 Å². The average molecular weight is 403 g/mol. The summed E-state index contributed by atoms with van der Waals surface area (Å²) in [7, 11) is 3.22. The lowest BCUT2D eigenvalue weighted by molar-refractivity contribution is 0.0494. The molecule has 1 fully saturated rings. The number of methoxy groups -OCH3 is 2. The van der Waals surface area contributed by atoms with E-state index in [0.717, 1.165) is 37.5 Å². The number of nitrogens with zero attached hydrogens (tertiary/aromatic N) is 2. The number of benzene rings is 2. The number of hydrogen-bond donors (Lipinski definition) is 1. The number of rotatable bonds is 8. The SMILES string of the molecule is COc1ccc(CN2CCN(Cc3ccc(OC)c(C)c3)[C@@H](CCO)C2)c(F)c1. The highest BCUT2D eigenvalue weighted by molar-refractivity contribution is 5.36. The molecule has 0 aliphatic carbocycles. The summed E-state index contributed by atoms with van der Waals surface area (Å²) in [6.07, 6.45) is 0.705. The maximum Gasteiger partial charge on any atom is 0.131 e. The minimum Gasteiger partial charge on any atom is -0.497 e. The van der Waals surface area contributed by atoms with Crippen LogP contribution in [-0.2, 0) is 13.1 Å². The molecular formula is C23H31FN2O3. The first-order valence-electron chi connectivity index (χ1n) is 10.1. The predicted molar refractivity (Wildman–Crippen MR) is 112 cm³/mol. The van der Waals surface area contributed by atoms with Crippen LogP contribution in [-0.4, -0.2) is 61.4 Å². The third-order valence-electron chi connectivity index (χ3n) is 5.65. The number of aliphatic hydroxyl groups excluding tert-OH is 1. The summed E-state index contributed by atoms with van der Waals surface area (Å²) in [5, 5.41) is 9.56. The van der Waals surface area contributed by atoms with Crippen molar-refractivity contribution in [1.82, 2.24) is 9.80 Å².